The van der Waals surface area contributed by atoms with Crippen molar-refractivity contribution in [3.63, 3.8) is 0 Å². The molecule has 2 N–H and O–H groups in total. The zero-order chi connectivity index (χ0) is 10.4. The summed E-state index contributed by atoms with van der Waals surface area (Å²) < 4.78 is 0. The molecular formula is C12H26N2. The molecule has 0 amide bonds. The van der Waals surface area contributed by atoms with Gasteiger partial charge in [-0.1, -0.05) is 26.7 Å². The Balaban J connectivity index is 2.51. The molecule has 0 saturated heterocycles. The van der Waals surface area contributed by atoms with Crippen molar-refractivity contribution in [2.24, 2.45) is 11.7 Å². The molecule has 2 atom stereocenters. The van der Waals surface area contributed by atoms with Crippen LogP contribution in [0.15, 0.2) is 0 Å². The molecule has 1 rings (SSSR count). The minimum Gasteiger partial charge on any atom is -0.330 e. The first kappa shape index (κ1) is 12.0. The monoisotopic (exact) mass is 198 g/mol. The Morgan fingerprint density at radius 3 is 2.36 bits per heavy atom. The summed E-state index contributed by atoms with van der Waals surface area (Å²) in [6.07, 6.45) is 6.86. The van der Waals surface area contributed by atoms with Crippen LogP contribution in [0.3, 0.4) is 0 Å². The predicted molar refractivity (Wildman–Crippen MR) is 62.3 cm³/mol. The zero-order valence-electron chi connectivity index (χ0n) is 9.84. The Morgan fingerprint density at radius 1 is 1.14 bits per heavy atom. The van der Waals surface area contributed by atoms with Crippen LogP contribution in [0.4, 0.5) is 0 Å². The fourth-order valence-electron chi connectivity index (χ4n) is 2.91. The molecule has 84 valence electrons. The summed E-state index contributed by atoms with van der Waals surface area (Å²) in [4.78, 5) is 2.62. The summed E-state index contributed by atoms with van der Waals surface area (Å²) in [7, 11) is 0. The molecule has 1 saturated carbocycles. The highest BCUT2D eigenvalue weighted by atomic mass is 15.1. The maximum absolute atomic E-state index is 5.69. The second-order valence-electron chi connectivity index (χ2n) is 4.41. The summed E-state index contributed by atoms with van der Waals surface area (Å²) in [6, 6.07) is 0.822. The molecule has 14 heavy (non-hydrogen) atoms. The van der Waals surface area contributed by atoms with E-state index in [0.717, 1.165) is 18.5 Å². The Labute approximate surface area is 88.8 Å². The number of nitrogens with two attached hydrogens (primary N) is 1. The van der Waals surface area contributed by atoms with Gasteiger partial charge in [0.05, 0.1) is 0 Å². The van der Waals surface area contributed by atoms with Crippen molar-refractivity contribution < 1.29 is 0 Å². The van der Waals surface area contributed by atoms with Gasteiger partial charge in [-0.2, -0.15) is 0 Å². The van der Waals surface area contributed by atoms with Gasteiger partial charge in [-0.3, -0.25) is 0 Å². The van der Waals surface area contributed by atoms with Crippen molar-refractivity contribution in [2.45, 2.75) is 52.0 Å². The van der Waals surface area contributed by atoms with Crippen LogP contribution in [-0.4, -0.2) is 30.6 Å². The fraction of sp³-hybridized carbons (Fsp3) is 1.00. The van der Waals surface area contributed by atoms with Gasteiger partial charge in [-0.05, 0) is 44.8 Å². The SMILES string of the molecule is CCN(CC)C1CCCCC1CCN. The molecule has 1 aliphatic rings. The zero-order valence-corrected chi connectivity index (χ0v) is 9.84. The lowest BCUT2D eigenvalue weighted by Crippen LogP contribution is -2.42. The van der Waals surface area contributed by atoms with Gasteiger partial charge in [0.25, 0.3) is 0 Å². The normalized spacial score (nSPS) is 28.3. The highest BCUT2D eigenvalue weighted by Crippen LogP contribution is 2.30. The van der Waals surface area contributed by atoms with Crippen molar-refractivity contribution in [1.29, 1.82) is 0 Å². The highest BCUT2D eigenvalue weighted by Gasteiger charge is 2.27. The molecular weight excluding hydrogens is 172 g/mol. The van der Waals surface area contributed by atoms with Gasteiger partial charge in [0.2, 0.25) is 0 Å². The molecule has 0 heterocycles. The van der Waals surface area contributed by atoms with Crippen molar-refractivity contribution in [2.75, 3.05) is 19.6 Å². The minimum atomic E-state index is 0.822. The van der Waals surface area contributed by atoms with Gasteiger partial charge in [-0.15, -0.1) is 0 Å². The van der Waals surface area contributed by atoms with Crippen LogP contribution in [0, 0.1) is 5.92 Å². The standard InChI is InChI=1S/C12H26N2/c1-3-14(4-2)12-8-6-5-7-11(12)9-10-13/h11-12H,3-10,13H2,1-2H3. The summed E-state index contributed by atoms with van der Waals surface area (Å²) >= 11 is 0. The van der Waals surface area contributed by atoms with Crippen LogP contribution < -0.4 is 5.73 Å². The quantitative estimate of drug-likeness (QED) is 0.734. The van der Waals surface area contributed by atoms with E-state index in [1.807, 2.05) is 0 Å². The van der Waals surface area contributed by atoms with Crippen molar-refractivity contribution in [3.8, 4) is 0 Å². The largest absolute Gasteiger partial charge is 0.330 e. The molecule has 0 spiro atoms. The predicted octanol–water partition coefficient (Wildman–Crippen LogP) is 2.24. The third kappa shape index (κ3) is 2.96. The minimum absolute atomic E-state index is 0.822. The molecule has 0 aromatic carbocycles. The van der Waals surface area contributed by atoms with Crippen LogP contribution in [0.25, 0.3) is 0 Å². The Bertz CT molecular complexity index is 141. The molecule has 2 nitrogen and oxygen atoms in total. The van der Waals surface area contributed by atoms with E-state index in [9.17, 15) is 0 Å². The van der Waals surface area contributed by atoms with Crippen LogP contribution in [0.1, 0.15) is 46.0 Å². The third-order valence-electron chi connectivity index (χ3n) is 3.69. The van der Waals surface area contributed by atoms with Crippen molar-refractivity contribution in [1.82, 2.24) is 4.90 Å². The first-order valence-corrected chi connectivity index (χ1v) is 6.27. The van der Waals surface area contributed by atoms with E-state index in [4.69, 9.17) is 5.73 Å². The summed E-state index contributed by atoms with van der Waals surface area (Å²) in [5, 5.41) is 0. The maximum Gasteiger partial charge on any atom is 0.0124 e. The molecule has 0 radical (unpaired) electrons. The molecule has 0 aromatic rings. The van der Waals surface area contributed by atoms with E-state index < -0.39 is 0 Å². The van der Waals surface area contributed by atoms with Crippen LogP contribution in [0.2, 0.25) is 0 Å². The van der Waals surface area contributed by atoms with Gasteiger partial charge < -0.3 is 10.6 Å². The van der Waals surface area contributed by atoms with E-state index in [1.54, 1.807) is 0 Å². The molecule has 2 heteroatoms. The van der Waals surface area contributed by atoms with E-state index >= 15 is 0 Å². The molecule has 0 aliphatic heterocycles. The molecule has 2 unspecified atom stereocenters. The third-order valence-corrected chi connectivity index (χ3v) is 3.69. The van der Waals surface area contributed by atoms with Crippen LogP contribution in [-0.2, 0) is 0 Å². The Kier molecular flexibility index (Phi) is 5.49. The Hall–Kier alpha value is -0.0800. The molecule has 0 bridgehead atoms. The number of nitrogens with zero attached hydrogens (tertiary/aromatic N) is 1. The summed E-state index contributed by atoms with van der Waals surface area (Å²) in [5.41, 5.74) is 5.69. The lowest BCUT2D eigenvalue weighted by molar-refractivity contribution is 0.110. The van der Waals surface area contributed by atoms with Gasteiger partial charge in [0.15, 0.2) is 0 Å². The summed E-state index contributed by atoms with van der Waals surface area (Å²) in [6.45, 7) is 7.81. The molecule has 0 aromatic heterocycles. The van der Waals surface area contributed by atoms with Gasteiger partial charge >= 0.3 is 0 Å². The van der Waals surface area contributed by atoms with Crippen molar-refractivity contribution >= 4 is 0 Å². The number of rotatable bonds is 5. The second kappa shape index (κ2) is 6.41. The van der Waals surface area contributed by atoms with Crippen molar-refractivity contribution in [3.05, 3.63) is 0 Å². The Morgan fingerprint density at radius 2 is 1.79 bits per heavy atom. The van der Waals surface area contributed by atoms with Gasteiger partial charge in [0.1, 0.15) is 0 Å². The van der Waals surface area contributed by atoms with Gasteiger partial charge in [-0.25, -0.2) is 0 Å². The topological polar surface area (TPSA) is 29.3 Å². The maximum atomic E-state index is 5.69. The molecule has 1 fully saturated rings. The summed E-state index contributed by atoms with van der Waals surface area (Å²) in [5.74, 6) is 0.869. The molecule has 1 aliphatic carbocycles. The fourth-order valence-corrected chi connectivity index (χ4v) is 2.91. The average Bonchev–Trinajstić information content (AvgIpc) is 2.23. The number of hydrogen-bond acceptors (Lipinski definition) is 2. The average molecular weight is 198 g/mol. The first-order valence-electron chi connectivity index (χ1n) is 6.27. The number of hydrogen-bond donors (Lipinski definition) is 1. The lowest BCUT2D eigenvalue weighted by atomic mass is 9.81. The van der Waals surface area contributed by atoms with Crippen LogP contribution in [0.5, 0.6) is 0 Å². The van der Waals surface area contributed by atoms with E-state index in [1.165, 1.54) is 45.2 Å². The van der Waals surface area contributed by atoms with E-state index in [2.05, 4.69) is 18.7 Å². The van der Waals surface area contributed by atoms with Gasteiger partial charge in [0, 0.05) is 6.04 Å². The first-order chi connectivity index (χ1) is 6.83. The smallest absolute Gasteiger partial charge is 0.0124 e. The second-order valence-corrected chi connectivity index (χ2v) is 4.41. The van der Waals surface area contributed by atoms with E-state index in [0.29, 0.717) is 0 Å². The van der Waals surface area contributed by atoms with E-state index in [-0.39, 0.29) is 0 Å². The lowest BCUT2D eigenvalue weighted by Gasteiger charge is -2.39. The highest BCUT2D eigenvalue weighted by molar-refractivity contribution is 4.82. The van der Waals surface area contributed by atoms with Crippen LogP contribution >= 0.6 is 0 Å².